The Labute approximate surface area is 194 Å². The van der Waals surface area contributed by atoms with Crippen molar-refractivity contribution in [2.75, 3.05) is 32.8 Å². The van der Waals surface area contributed by atoms with Gasteiger partial charge >= 0.3 is 0 Å². The predicted octanol–water partition coefficient (Wildman–Crippen LogP) is 3.49. The number of hydrogen-bond donors (Lipinski definition) is 0. The molecule has 1 amide bonds. The van der Waals surface area contributed by atoms with Crippen molar-refractivity contribution in [2.45, 2.75) is 18.7 Å². The number of aryl methyl sites for hydroxylation is 1. The van der Waals surface area contributed by atoms with Gasteiger partial charge in [0, 0.05) is 49.4 Å². The maximum absolute atomic E-state index is 13.3. The van der Waals surface area contributed by atoms with Crippen molar-refractivity contribution in [3.63, 3.8) is 0 Å². The molecule has 0 bridgehead atoms. The first kappa shape index (κ1) is 22.9. The molecule has 1 aliphatic heterocycles. The van der Waals surface area contributed by atoms with Crippen molar-refractivity contribution in [3.05, 3.63) is 71.9 Å². The third-order valence-electron chi connectivity index (χ3n) is 5.60. The van der Waals surface area contributed by atoms with Gasteiger partial charge in [0.15, 0.2) is 0 Å². The summed E-state index contributed by atoms with van der Waals surface area (Å²) < 4.78 is 33.7. The summed E-state index contributed by atoms with van der Waals surface area (Å²) in [6.07, 6.45) is 4.92. The second-order valence-electron chi connectivity index (χ2n) is 7.87. The Kier molecular flexibility index (Phi) is 6.76. The second-order valence-corrected chi connectivity index (χ2v) is 9.78. The van der Waals surface area contributed by atoms with Gasteiger partial charge in [-0.15, -0.1) is 0 Å². The number of carbonyl (C=O) groups is 1. The maximum atomic E-state index is 13.3. The molecule has 1 aliphatic rings. The minimum atomic E-state index is -3.72. The van der Waals surface area contributed by atoms with Gasteiger partial charge in [0.05, 0.1) is 12.1 Å². The number of rotatable bonds is 6. The Bertz CT molecular complexity index is 1300. The van der Waals surface area contributed by atoms with E-state index in [1.807, 2.05) is 50.2 Å². The highest BCUT2D eigenvalue weighted by Gasteiger charge is 2.31. The molecule has 0 N–H and O–H groups in total. The lowest BCUT2D eigenvalue weighted by atomic mass is 10.2. The summed E-state index contributed by atoms with van der Waals surface area (Å²) in [5.74, 6) is 0.569. The zero-order valence-corrected chi connectivity index (χ0v) is 19.6. The quantitative estimate of drug-likeness (QED) is 0.521. The van der Waals surface area contributed by atoms with Gasteiger partial charge in [0.2, 0.25) is 15.9 Å². The lowest BCUT2D eigenvalue weighted by molar-refractivity contribution is -0.127. The topological polar surface area (TPSA) is 79.8 Å². The van der Waals surface area contributed by atoms with Crippen LogP contribution in [0.5, 0.6) is 5.75 Å². The first-order valence-corrected chi connectivity index (χ1v) is 12.4. The highest BCUT2D eigenvalue weighted by molar-refractivity contribution is 7.89. The van der Waals surface area contributed by atoms with Crippen molar-refractivity contribution in [2.24, 2.45) is 0 Å². The van der Waals surface area contributed by atoms with E-state index in [0.717, 1.165) is 22.3 Å². The predicted molar refractivity (Wildman–Crippen MR) is 128 cm³/mol. The Hall–Kier alpha value is -3.23. The summed E-state index contributed by atoms with van der Waals surface area (Å²) in [6.45, 7) is 5.50. The summed E-state index contributed by atoms with van der Waals surface area (Å²) in [5, 5.41) is 0.794. The van der Waals surface area contributed by atoms with Gasteiger partial charge < -0.3 is 9.64 Å². The number of nitrogens with zero attached hydrogens (tertiary/aromatic N) is 3. The molecule has 0 spiro atoms. The Morgan fingerprint density at radius 3 is 2.61 bits per heavy atom. The largest absolute Gasteiger partial charge is 0.493 e. The minimum absolute atomic E-state index is 0.152. The molecule has 0 saturated carbocycles. The molecule has 0 unspecified atom stereocenters. The van der Waals surface area contributed by atoms with Gasteiger partial charge in [0.1, 0.15) is 10.6 Å². The number of para-hydroxylation sites is 2. The molecule has 0 radical (unpaired) electrons. The molecule has 3 aromatic rings. The van der Waals surface area contributed by atoms with Crippen LogP contribution in [0.1, 0.15) is 18.1 Å². The highest BCUT2D eigenvalue weighted by atomic mass is 32.2. The normalized spacial score (nSPS) is 15.3. The minimum Gasteiger partial charge on any atom is -0.493 e. The van der Waals surface area contributed by atoms with Crippen molar-refractivity contribution in [3.8, 4) is 5.75 Å². The molecule has 8 heteroatoms. The van der Waals surface area contributed by atoms with Crippen LogP contribution in [0.25, 0.3) is 17.0 Å². The summed E-state index contributed by atoms with van der Waals surface area (Å²) >= 11 is 0. The molecule has 2 heterocycles. The van der Waals surface area contributed by atoms with E-state index in [1.165, 1.54) is 10.4 Å². The summed E-state index contributed by atoms with van der Waals surface area (Å²) in [4.78, 5) is 18.9. The fraction of sp³-hybridized carbons (Fsp3) is 0.280. The van der Waals surface area contributed by atoms with Crippen LogP contribution >= 0.6 is 0 Å². The summed E-state index contributed by atoms with van der Waals surface area (Å²) in [6, 6.07) is 14.6. The van der Waals surface area contributed by atoms with E-state index in [1.54, 1.807) is 29.3 Å². The molecule has 33 heavy (non-hydrogen) atoms. The molecular formula is C25H27N3O4S. The van der Waals surface area contributed by atoms with Crippen molar-refractivity contribution < 1.29 is 17.9 Å². The third-order valence-corrected chi connectivity index (χ3v) is 7.53. The first-order valence-electron chi connectivity index (χ1n) is 10.9. The number of hydrogen-bond acceptors (Lipinski definition) is 5. The number of carbonyl (C=O) groups excluding carboxylic acids is 1. The molecule has 1 aromatic heterocycles. The monoisotopic (exact) mass is 465 g/mol. The van der Waals surface area contributed by atoms with Crippen LogP contribution in [0, 0.1) is 6.92 Å². The van der Waals surface area contributed by atoms with Gasteiger partial charge in [0.25, 0.3) is 0 Å². The van der Waals surface area contributed by atoms with E-state index in [4.69, 9.17) is 4.74 Å². The molecule has 7 nitrogen and oxygen atoms in total. The SMILES string of the molecule is CCOc1ccccc1/C=C/C(=O)N1CCN(S(=O)(=O)c2cccc3cc(C)cnc23)CC1. The zero-order chi connectivity index (χ0) is 23.4. The Morgan fingerprint density at radius 2 is 1.85 bits per heavy atom. The zero-order valence-electron chi connectivity index (χ0n) is 18.8. The number of fused-ring (bicyclic) bond motifs is 1. The van der Waals surface area contributed by atoms with Gasteiger partial charge in [-0.3, -0.25) is 9.78 Å². The van der Waals surface area contributed by atoms with Crippen LogP contribution in [0.4, 0.5) is 0 Å². The second kappa shape index (κ2) is 9.72. The number of sulfonamides is 1. The Morgan fingerprint density at radius 1 is 1.09 bits per heavy atom. The fourth-order valence-corrected chi connectivity index (χ4v) is 5.50. The maximum Gasteiger partial charge on any atom is 0.246 e. The third kappa shape index (κ3) is 4.91. The van der Waals surface area contributed by atoms with E-state index < -0.39 is 10.0 Å². The van der Waals surface area contributed by atoms with E-state index in [-0.39, 0.29) is 23.9 Å². The lowest BCUT2D eigenvalue weighted by Crippen LogP contribution is -2.50. The number of benzene rings is 2. The average Bonchev–Trinajstić information content (AvgIpc) is 2.83. The van der Waals surface area contributed by atoms with Crippen LogP contribution in [0.15, 0.2) is 65.7 Å². The van der Waals surface area contributed by atoms with E-state index in [0.29, 0.717) is 25.2 Å². The molecule has 0 atom stereocenters. The van der Waals surface area contributed by atoms with E-state index >= 15 is 0 Å². The molecule has 1 saturated heterocycles. The van der Waals surface area contributed by atoms with Gasteiger partial charge in [-0.1, -0.05) is 30.3 Å². The van der Waals surface area contributed by atoms with Crippen LogP contribution in [-0.2, 0) is 14.8 Å². The number of pyridine rings is 1. The van der Waals surface area contributed by atoms with Crippen LogP contribution in [0.3, 0.4) is 0 Å². The van der Waals surface area contributed by atoms with Gasteiger partial charge in [-0.05, 0) is 43.7 Å². The number of aromatic nitrogens is 1. The van der Waals surface area contributed by atoms with Crippen molar-refractivity contribution in [1.82, 2.24) is 14.2 Å². The first-order chi connectivity index (χ1) is 15.9. The molecule has 0 aliphatic carbocycles. The van der Waals surface area contributed by atoms with Crippen LogP contribution in [0.2, 0.25) is 0 Å². The number of ether oxygens (including phenoxy) is 1. The van der Waals surface area contributed by atoms with Crippen molar-refractivity contribution >= 4 is 32.9 Å². The molecule has 172 valence electrons. The van der Waals surface area contributed by atoms with Crippen LogP contribution in [-0.4, -0.2) is 61.3 Å². The summed E-state index contributed by atoms with van der Waals surface area (Å²) in [7, 11) is -3.72. The van der Waals surface area contributed by atoms with Gasteiger partial charge in [-0.25, -0.2) is 8.42 Å². The standard InChI is InChI=1S/C25H27N3O4S/c1-3-32-22-9-5-4-7-20(22)11-12-24(29)27-13-15-28(16-14-27)33(30,31)23-10-6-8-21-17-19(2)18-26-25(21)23/h4-12,17-18H,3,13-16H2,1-2H3/b12-11+. The fourth-order valence-electron chi connectivity index (χ4n) is 3.91. The molecule has 1 fully saturated rings. The molecular weight excluding hydrogens is 438 g/mol. The van der Waals surface area contributed by atoms with Crippen LogP contribution < -0.4 is 4.74 Å². The van der Waals surface area contributed by atoms with Crippen molar-refractivity contribution in [1.29, 1.82) is 0 Å². The summed E-state index contributed by atoms with van der Waals surface area (Å²) in [5.41, 5.74) is 2.27. The average molecular weight is 466 g/mol. The van der Waals surface area contributed by atoms with Gasteiger partial charge in [-0.2, -0.15) is 4.31 Å². The number of piperazine rings is 1. The van der Waals surface area contributed by atoms with E-state index in [2.05, 4.69) is 4.98 Å². The highest BCUT2D eigenvalue weighted by Crippen LogP contribution is 2.26. The molecule has 4 rings (SSSR count). The smallest absolute Gasteiger partial charge is 0.246 e. The lowest BCUT2D eigenvalue weighted by Gasteiger charge is -2.33. The molecule has 2 aromatic carbocycles. The Balaban J connectivity index is 1.45. The number of amides is 1. The van der Waals surface area contributed by atoms with E-state index in [9.17, 15) is 13.2 Å².